The lowest BCUT2D eigenvalue weighted by atomic mass is 9.74. The number of likely N-dealkylation sites (tertiary alicyclic amines) is 1. The molecule has 0 bridgehead atoms. The fourth-order valence-corrected chi connectivity index (χ4v) is 9.99. The van der Waals surface area contributed by atoms with Gasteiger partial charge in [0.05, 0.1) is 18.2 Å². The maximum absolute atomic E-state index is 14.0. The van der Waals surface area contributed by atoms with Crippen molar-refractivity contribution < 1.29 is 13.8 Å². The Kier molecular flexibility index (Phi) is 12.4. The molecule has 3 aromatic rings. The molecule has 0 radical (unpaired) electrons. The van der Waals surface area contributed by atoms with E-state index >= 15 is 0 Å². The molecule has 0 spiro atoms. The normalized spacial score (nSPS) is 23.4. The number of H-pyrrole nitrogens is 1. The van der Waals surface area contributed by atoms with Gasteiger partial charge in [-0.05, 0) is 87.5 Å². The lowest BCUT2D eigenvalue weighted by Gasteiger charge is -2.51. The summed E-state index contributed by atoms with van der Waals surface area (Å²) in [6.07, 6.45) is 11.9. The molecule has 3 atom stereocenters. The number of hydrogen-bond acceptors (Lipinski definition) is 7. The Morgan fingerprint density at radius 2 is 1.59 bits per heavy atom. The summed E-state index contributed by atoms with van der Waals surface area (Å²) in [4.78, 5) is 33.1. The van der Waals surface area contributed by atoms with E-state index in [1.807, 2.05) is 56.3 Å². The van der Waals surface area contributed by atoms with Crippen LogP contribution in [0.25, 0.3) is 0 Å². The molecule has 3 aliphatic rings. The third-order valence-corrected chi connectivity index (χ3v) is 13.1. The number of halogens is 1. The Morgan fingerprint density at radius 1 is 0.961 bits per heavy atom. The Hall–Kier alpha value is -3.08. The second kappa shape index (κ2) is 16.7. The molecule has 1 aromatic heterocycles. The molecule has 10 nitrogen and oxygen atoms in total. The maximum Gasteiger partial charge on any atom is 0.363 e. The van der Waals surface area contributed by atoms with Crippen LogP contribution >= 0.6 is 18.1 Å². The molecule has 51 heavy (non-hydrogen) atoms. The number of nitrogens with zero attached hydrogens (tertiary/aromatic N) is 4. The lowest BCUT2D eigenvalue weighted by Crippen LogP contribution is -2.58. The van der Waals surface area contributed by atoms with Crippen molar-refractivity contribution >= 4 is 18.1 Å². The number of aromatic amines is 1. The number of morpholine rings is 1. The van der Waals surface area contributed by atoms with Crippen molar-refractivity contribution in [2.75, 3.05) is 45.9 Å². The molecule has 3 unspecified atom stereocenters. The molecule has 0 amide bonds. The van der Waals surface area contributed by atoms with E-state index in [0.29, 0.717) is 37.8 Å². The highest BCUT2D eigenvalue weighted by Crippen LogP contribution is 2.57. The molecule has 3 aliphatic heterocycles. The zero-order valence-corrected chi connectivity index (χ0v) is 31.6. The highest BCUT2D eigenvalue weighted by molar-refractivity contribution is 7.83. The Morgan fingerprint density at radius 3 is 2.18 bits per heavy atom. The molecule has 3 saturated heterocycles. The van der Waals surface area contributed by atoms with Crippen LogP contribution in [0.2, 0.25) is 0 Å². The molecule has 0 aliphatic carbocycles. The van der Waals surface area contributed by atoms with Crippen LogP contribution in [0.4, 0.5) is 0 Å². The second-order valence-corrected chi connectivity index (χ2v) is 16.8. The van der Waals surface area contributed by atoms with E-state index < -0.39 is 36.0 Å². The molecule has 12 heteroatoms. The van der Waals surface area contributed by atoms with Gasteiger partial charge in [0.2, 0.25) is 0 Å². The van der Waals surface area contributed by atoms with E-state index in [1.54, 1.807) is 17.8 Å². The fraction of sp³-hybridized carbons (Fsp3) is 0.487. The van der Waals surface area contributed by atoms with Crippen molar-refractivity contribution in [2.24, 2.45) is 0 Å². The number of nitrogens with one attached hydrogen (secondary N) is 1. The average Bonchev–Trinajstić information content (AvgIpc) is 3.16. The van der Waals surface area contributed by atoms with Gasteiger partial charge in [0.15, 0.2) is 6.23 Å². The first-order valence-corrected chi connectivity index (χ1v) is 20.7. The average molecular weight is 736 g/mol. The number of aryl methyl sites for hydroxylation is 1. The van der Waals surface area contributed by atoms with E-state index in [1.165, 1.54) is 23.8 Å². The van der Waals surface area contributed by atoms with Crippen LogP contribution in [0.3, 0.4) is 0 Å². The molecule has 4 heterocycles. The van der Waals surface area contributed by atoms with Crippen molar-refractivity contribution in [3.63, 3.8) is 0 Å². The fourth-order valence-electron chi connectivity index (χ4n) is 8.14. The molecule has 3 fully saturated rings. The molecular weight excluding hydrogens is 685 g/mol. The van der Waals surface area contributed by atoms with Crippen LogP contribution in [0.5, 0.6) is 0 Å². The zero-order valence-electron chi connectivity index (χ0n) is 30.0. The van der Waals surface area contributed by atoms with E-state index in [0.717, 1.165) is 42.6 Å². The van der Waals surface area contributed by atoms with E-state index in [4.69, 9.17) is 20.5 Å². The molecule has 1 N–H and O–H groups in total. The Labute approximate surface area is 306 Å². The highest BCUT2D eigenvalue weighted by Gasteiger charge is 2.47. The van der Waals surface area contributed by atoms with Crippen molar-refractivity contribution in [3.8, 4) is 0 Å². The number of hydrogen-bond donors (Lipinski definition) is 1. The van der Waals surface area contributed by atoms with Gasteiger partial charge in [0.25, 0.3) is 5.56 Å². The summed E-state index contributed by atoms with van der Waals surface area (Å²) in [6.45, 7) is 6.10. The number of rotatable bonds is 11. The summed E-state index contributed by atoms with van der Waals surface area (Å²) in [6, 6.07) is 21.1. The van der Waals surface area contributed by atoms with Crippen molar-refractivity contribution in [1.29, 1.82) is 0 Å². The minimum atomic E-state index is -3.68. The van der Waals surface area contributed by atoms with E-state index in [2.05, 4.69) is 51.2 Å². The SMILES string of the molecule is C/C=C\C(=C/C)C(c1ccccc1)(c1ccccc1)N1CC(COP(=O)(Cl)N2CCC(N3CCCCC3)CC2)OC(n2cc(C)c(=O)[nH]c2=O)C1. The standard InChI is InChI=1S/C39H51ClN5O5P/c1-4-15-31(5-2)39(32-16-9-6-10-17-32,33-18-11-7-12-19-33)43-27-35(50-36(28-43)45-26-30(3)37(46)41-38(45)47)29-49-51(40,48)44-24-20-34(21-25-44)42-22-13-8-14-23-42/h4-7,9-12,15-19,26,34-36H,8,13-14,20-25,27-29H2,1-3H3,(H,41,46,47)/b15-4-,31-5+. The van der Waals surface area contributed by atoms with Crippen LogP contribution in [0.1, 0.15) is 68.9 Å². The monoisotopic (exact) mass is 735 g/mol. The summed E-state index contributed by atoms with van der Waals surface area (Å²) in [5, 5.41) is 0. The van der Waals surface area contributed by atoms with E-state index in [9.17, 15) is 14.2 Å². The number of allylic oxidation sites excluding steroid dienone is 2. The van der Waals surface area contributed by atoms with Crippen LogP contribution in [0, 0.1) is 6.92 Å². The van der Waals surface area contributed by atoms with Gasteiger partial charge in [0, 0.05) is 44.0 Å². The molecular formula is C39H51ClN5O5P. The van der Waals surface area contributed by atoms with Crippen LogP contribution in [-0.4, -0.2) is 82.0 Å². The van der Waals surface area contributed by atoms with Gasteiger partial charge in [-0.25, -0.2) is 9.46 Å². The quantitative estimate of drug-likeness (QED) is 0.169. The van der Waals surface area contributed by atoms with Crippen molar-refractivity contribution in [3.05, 3.63) is 128 Å². The smallest absolute Gasteiger partial charge is 0.350 e. The minimum absolute atomic E-state index is 0.0502. The maximum atomic E-state index is 14.0. The highest BCUT2D eigenvalue weighted by atomic mass is 35.7. The van der Waals surface area contributed by atoms with Crippen LogP contribution in [-0.2, 0) is 19.4 Å². The molecule has 6 rings (SSSR count). The number of piperidine rings is 2. The zero-order chi connectivity index (χ0) is 36.0. The first-order chi connectivity index (χ1) is 24.7. The van der Waals surface area contributed by atoms with Gasteiger partial charge in [-0.2, -0.15) is 0 Å². The summed E-state index contributed by atoms with van der Waals surface area (Å²) in [7, 11) is 0. The van der Waals surface area contributed by atoms with E-state index in [-0.39, 0.29) is 6.61 Å². The molecule has 0 saturated carbocycles. The third kappa shape index (κ3) is 8.13. The minimum Gasteiger partial charge on any atom is -0.350 e. The van der Waals surface area contributed by atoms with Gasteiger partial charge in [-0.1, -0.05) is 85.3 Å². The first kappa shape index (κ1) is 37.7. The Balaban J connectivity index is 1.35. The van der Waals surface area contributed by atoms with Crippen LogP contribution < -0.4 is 11.2 Å². The van der Waals surface area contributed by atoms with Gasteiger partial charge in [-0.15, -0.1) is 0 Å². The third-order valence-electron chi connectivity index (χ3n) is 10.6. The topological polar surface area (TPSA) is 100 Å². The number of ether oxygens (including phenoxy) is 1. The van der Waals surface area contributed by atoms with Gasteiger partial charge in [-0.3, -0.25) is 23.8 Å². The Bertz CT molecular complexity index is 1790. The first-order valence-electron chi connectivity index (χ1n) is 18.2. The van der Waals surface area contributed by atoms with Gasteiger partial charge < -0.3 is 14.2 Å². The predicted octanol–water partition coefficient (Wildman–Crippen LogP) is 6.82. The summed E-state index contributed by atoms with van der Waals surface area (Å²) < 4.78 is 30.0. The molecule has 274 valence electrons. The number of benzene rings is 2. The van der Waals surface area contributed by atoms with Gasteiger partial charge in [0.1, 0.15) is 0 Å². The lowest BCUT2D eigenvalue weighted by molar-refractivity contribution is -0.148. The predicted molar refractivity (Wildman–Crippen MR) is 203 cm³/mol. The van der Waals surface area contributed by atoms with Crippen molar-refractivity contribution in [2.45, 2.75) is 76.8 Å². The molecule has 2 aromatic carbocycles. The van der Waals surface area contributed by atoms with Crippen LogP contribution in [0.15, 0.2) is 100 Å². The van der Waals surface area contributed by atoms with Gasteiger partial charge >= 0.3 is 12.6 Å². The number of aromatic nitrogens is 2. The summed E-state index contributed by atoms with van der Waals surface area (Å²) in [5.41, 5.74) is 1.67. The summed E-state index contributed by atoms with van der Waals surface area (Å²) in [5.74, 6) is 0. The summed E-state index contributed by atoms with van der Waals surface area (Å²) >= 11 is 6.78. The van der Waals surface area contributed by atoms with Crippen molar-refractivity contribution in [1.82, 2.24) is 24.0 Å². The largest absolute Gasteiger partial charge is 0.363 e. The second-order valence-electron chi connectivity index (χ2n) is 13.8.